The number of Topliss-reactive ketones (excluding diaryl/α,β-unsaturated/α-hetero) is 1. The topological polar surface area (TPSA) is 34.9 Å². The van der Waals surface area contributed by atoms with Gasteiger partial charge in [0.15, 0.2) is 0 Å². The molecule has 1 heterocycles. The Morgan fingerprint density at radius 2 is 1.81 bits per heavy atom. The van der Waals surface area contributed by atoms with Crippen LogP contribution in [0.5, 0.6) is 0 Å². The second-order valence-electron chi connectivity index (χ2n) is 6.06. The molecule has 0 radical (unpaired) electrons. The summed E-state index contributed by atoms with van der Waals surface area (Å²) >= 11 is 3.65. The lowest BCUT2D eigenvalue weighted by atomic mass is 9.86. The molecule has 1 fully saturated rings. The van der Waals surface area contributed by atoms with Crippen LogP contribution in [0.15, 0.2) is 4.47 Å². The second kappa shape index (κ2) is 8.11. The third-order valence-electron chi connectivity index (χ3n) is 4.60. The first-order valence-corrected chi connectivity index (χ1v) is 9.23. The van der Waals surface area contributed by atoms with E-state index < -0.39 is 0 Å². The highest BCUT2D eigenvalue weighted by molar-refractivity contribution is 9.10. The van der Waals surface area contributed by atoms with Crippen molar-refractivity contribution in [2.45, 2.75) is 78.2 Å². The smallest absolute Gasteiger partial charge is 0.141 e. The molecule has 0 saturated heterocycles. The Hall–Kier alpha value is -0.640. The molecule has 1 aromatic rings. The molecule has 1 saturated carbocycles. The molecule has 3 nitrogen and oxygen atoms in total. The van der Waals surface area contributed by atoms with Gasteiger partial charge in [-0.25, -0.2) is 0 Å². The van der Waals surface area contributed by atoms with Crippen molar-refractivity contribution < 1.29 is 4.79 Å². The van der Waals surface area contributed by atoms with Crippen LogP contribution in [0.2, 0.25) is 0 Å². The summed E-state index contributed by atoms with van der Waals surface area (Å²) in [5.74, 6) is 0.678. The summed E-state index contributed by atoms with van der Waals surface area (Å²) in [6, 6.07) is 0. The normalized spacial score (nSPS) is 17.5. The number of ketones is 1. The summed E-state index contributed by atoms with van der Waals surface area (Å²) in [5, 5.41) is 4.60. The maximum atomic E-state index is 12.7. The molecule has 0 N–H and O–H groups in total. The quantitative estimate of drug-likeness (QED) is 0.767. The molecule has 0 unspecified atom stereocenters. The van der Waals surface area contributed by atoms with Gasteiger partial charge in [-0.05, 0) is 42.1 Å². The van der Waals surface area contributed by atoms with Crippen LogP contribution in [0, 0.1) is 5.92 Å². The van der Waals surface area contributed by atoms with Gasteiger partial charge in [-0.1, -0.05) is 39.0 Å². The number of carbonyl (C=O) groups is 1. The predicted octanol–water partition coefficient (Wildman–Crippen LogP) is 4.70. The van der Waals surface area contributed by atoms with Gasteiger partial charge in [0.05, 0.1) is 15.9 Å². The minimum Gasteiger partial charge on any atom is -0.299 e. The molecular weight excluding hydrogens is 328 g/mol. The van der Waals surface area contributed by atoms with E-state index in [1.807, 2.05) is 4.68 Å². The lowest BCUT2D eigenvalue weighted by Crippen LogP contribution is -2.20. The predicted molar refractivity (Wildman–Crippen MR) is 89.5 cm³/mol. The van der Waals surface area contributed by atoms with Crippen molar-refractivity contribution in [3.63, 3.8) is 0 Å². The third kappa shape index (κ3) is 4.18. The van der Waals surface area contributed by atoms with E-state index in [1.54, 1.807) is 0 Å². The average Bonchev–Trinajstić information content (AvgIpc) is 2.74. The molecule has 0 aliphatic heterocycles. The zero-order valence-electron chi connectivity index (χ0n) is 13.3. The molecule has 1 aliphatic rings. The van der Waals surface area contributed by atoms with E-state index in [2.05, 4.69) is 34.9 Å². The van der Waals surface area contributed by atoms with Crippen molar-refractivity contribution >= 4 is 21.7 Å². The maximum absolute atomic E-state index is 12.7. The molecule has 0 bridgehead atoms. The van der Waals surface area contributed by atoms with Crippen molar-refractivity contribution in [2.24, 2.45) is 5.92 Å². The summed E-state index contributed by atoms with van der Waals surface area (Å²) in [7, 11) is 0. The molecule has 0 atom stereocenters. The summed E-state index contributed by atoms with van der Waals surface area (Å²) in [6.45, 7) is 5.02. The summed E-state index contributed by atoms with van der Waals surface area (Å²) in [5.41, 5.74) is 2.14. The molecule has 21 heavy (non-hydrogen) atoms. The van der Waals surface area contributed by atoms with Crippen LogP contribution in [0.25, 0.3) is 0 Å². The Labute approximate surface area is 136 Å². The van der Waals surface area contributed by atoms with Crippen LogP contribution < -0.4 is 0 Å². The van der Waals surface area contributed by atoms with Crippen LogP contribution in [0.4, 0.5) is 0 Å². The van der Waals surface area contributed by atoms with Crippen molar-refractivity contribution in [2.75, 3.05) is 0 Å². The number of rotatable bonds is 5. The van der Waals surface area contributed by atoms with Crippen molar-refractivity contribution in [1.82, 2.24) is 9.78 Å². The average molecular weight is 355 g/mol. The van der Waals surface area contributed by atoms with Gasteiger partial charge in [-0.3, -0.25) is 9.48 Å². The minimum absolute atomic E-state index is 0.266. The largest absolute Gasteiger partial charge is 0.299 e. The Morgan fingerprint density at radius 3 is 2.38 bits per heavy atom. The summed E-state index contributed by atoms with van der Waals surface area (Å²) in [6.07, 6.45) is 9.95. The monoisotopic (exact) mass is 354 g/mol. The van der Waals surface area contributed by atoms with E-state index in [0.717, 1.165) is 41.7 Å². The molecule has 118 valence electrons. The van der Waals surface area contributed by atoms with Crippen molar-refractivity contribution in [1.29, 1.82) is 0 Å². The summed E-state index contributed by atoms with van der Waals surface area (Å²) < 4.78 is 3.04. The molecule has 0 spiro atoms. The van der Waals surface area contributed by atoms with E-state index in [0.29, 0.717) is 12.2 Å². The fourth-order valence-electron chi connectivity index (χ4n) is 3.27. The van der Waals surface area contributed by atoms with Crippen LogP contribution in [0.3, 0.4) is 0 Å². The van der Waals surface area contributed by atoms with Crippen LogP contribution in [0.1, 0.15) is 70.2 Å². The number of hydrogen-bond donors (Lipinski definition) is 0. The first-order valence-electron chi connectivity index (χ1n) is 8.44. The first kappa shape index (κ1) is 16.7. The van der Waals surface area contributed by atoms with Gasteiger partial charge >= 0.3 is 0 Å². The van der Waals surface area contributed by atoms with Crippen LogP contribution in [-0.4, -0.2) is 15.6 Å². The number of aromatic nitrogens is 2. The Kier molecular flexibility index (Phi) is 6.46. The minimum atomic E-state index is 0.266. The number of carbonyl (C=O) groups excluding carboxylic acids is 1. The van der Waals surface area contributed by atoms with Gasteiger partial charge in [0.25, 0.3) is 0 Å². The van der Waals surface area contributed by atoms with Gasteiger partial charge in [0, 0.05) is 18.9 Å². The summed E-state index contributed by atoms with van der Waals surface area (Å²) in [4.78, 5) is 12.7. The van der Waals surface area contributed by atoms with Gasteiger partial charge in [0.1, 0.15) is 5.78 Å². The SMILES string of the molecule is CCc1nn(CC)c(CC(=O)C2CCCCCCC2)c1Br. The molecular formula is C17H27BrN2O. The van der Waals surface area contributed by atoms with Crippen molar-refractivity contribution in [3.8, 4) is 0 Å². The number of aryl methyl sites for hydroxylation is 2. The zero-order chi connectivity index (χ0) is 15.2. The number of halogens is 1. The standard InChI is InChI=1S/C17H27BrN2O/c1-3-14-17(18)15(20(4-2)19-14)12-16(21)13-10-8-6-5-7-9-11-13/h13H,3-12H2,1-2H3. The Morgan fingerprint density at radius 1 is 1.19 bits per heavy atom. The van der Waals surface area contributed by atoms with Crippen molar-refractivity contribution in [3.05, 3.63) is 15.9 Å². The first-order chi connectivity index (χ1) is 10.2. The molecule has 0 amide bonds. The Bertz CT molecular complexity index is 473. The van der Waals surface area contributed by atoms with E-state index in [4.69, 9.17) is 0 Å². The van der Waals surface area contributed by atoms with Crippen LogP contribution in [-0.2, 0) is 24.2 Å². The van der Waals surface area contributed by atoms with Gasteiger partial charge < -0.3 is 0 Å². The highest BCUT2D eigenvalue weighted by Gasteiger charge is 2.23. The van der Waals surface area contributed by atoms with Gasteiger partial charge in [0.2, 0.25) is 0 Å². The highest BCUT2D eigenvalue weighted by atomic mass is 79.9. The lowest BCUT2D eigenvalue weighted by Gasteiger charge is -2.18. The molecule has 0 aromatic carbocycles. The number of nitrogens with zero attached hydrogens (tertiary/aromatic N) is 2. The molecule has 1 aromatic heterocycles. The van der Waals surface area contributed by atoms with E-state index >= 15 is 0 Å². The van der Waals surface area contributed by atoms with Crippen LogP contribution >= 0.6 is 15.9 Å². The highest BCUT2D eigenvalue weighted by Crippen LogP contribution is 2.27. The maximum Gasteiger partial charge on any atom is 0.141 e. The number of hydrogen-bond acceptors (Lipinski definition) is 2. The molecule has 4 heteroatoms. The van der Waals surface area contributed by atoms with E-state index in [9.17, 15) is 4.79 Å². The molecule has 1 aliphatic carbocycles. The second-order valence-corrected chi connectivity index (χ2v) is 6.85. The van der Waals surface area contributed by atoms with E-state index in [-0.39, 0.29) is 5.92 Å². The zero-order valence-corrected chi connectivity index (χ0v) is 14.9. The van der Waals surface area contributed by atoms with Gasteiger partial charge in [-0.2, -0.15) is 5.10 Å². The fourth-order valence-corrected chi connectivity index (χ4v) is 3.98. The Balaban J connectivity index is 2.09. The molecule has 2 rings (SSSR count). The third-order valence-corrected chi connectivity index (χ3v) is 5.51. The lowest BCUT2D eigenvalue weighted by molar-refractivity contribution is -0.122. The van der Waals surface area contributed by atoms with Gasteiger partial charge in [-0.15, -0.1) is 0 Å². The fraction of sp³-hybridized carbons (Fsp3) is 0.765. The van der Waals surface area contributed by atoms with E-state index in [1.165, 1.54) is 32.1 Å².